The molecule has 1 aromatic carbocycles. The lowest BCUT2D eigenvalue weighted by atomic mass is 10.1. The molecule has 7 nitrogen and oxygen atoms in total. The Morgan fingerprint density at radius 3 is 2.76 bits per heavy atom. The van der Waals surface area contributed by atoms with Crippen molar-refractivity contribution in [1.29, 1.82) is 0 Å². The van der Waals surface area contributed by atoms with Crippen molar-refractivity contribution in [3.8, 4) is 11.5 Å². The lowest BCUT2D eigenvalue weighted by Crippen LogP contribution is -2.46. The van der Waals surface area contributed by atoms with Crippen molar-refractivity contribution >= 4 is 28.2 Å². The predicted octanol–water partition coefficient (Wildman–Crippen LogP) is 3.66. The third-order valence-corrected chi connectivity index (χ3v) is 5.37. The van der Waals surface area contributed by atoms with Crippen LogP contribution in [0.3, 0.4) is 0 Å². The average Bonchev–Trinajstić information content (AvgIpc) is 3.23. The third kappa shape index (κ3) is 3.79. The molecule has 0 amide bonds. The largest absolute Gasteiger partial charge is 0.368 e. The number of benzene rings is 1. The van der Waals surface area contributed by atoms with Crippen LogP contribution >= 0.6 is 11.6 Å². The van der Waals surface area contributed by atoms with Crippen molar-refractivity contribution < 1.29 is 4.52 Å². The highest BCUT2D eigenvalue weighted by atomic mass is 35.5. The summed E-state index contributed by atoms with van der Waals surface area (Å²) in [7, 11) is 0. The van der Waals surface area contributed by atoms with Crippen LogP contribution in [0.4, 0.5) is 5.69 Å². The van der Waals surface area contributed by atoms with Crippen LogP contribution in [0.2, 0.25) is 5.02 Å². The Morgan fingerprint density at radius 1 is 1.03 bits per heavy atom. The third-order valence-electron chi connectivity index (χ3n) is 5.14. The molecule has 0 spiro atoms. The smallest absolute Gasteiger partial charge is 0.259 e. The van der Waals surface area contributed by atoms with Gasteiger partial charge in [0, 0.05) is 60.9 Å². The van der Waals surface area contributed by atoms with Gasteiger partial charge in [-0.25, -0.2) is 0 Å². The van der Waals surface area contributed by atoms with Crippen LogP contribution < -0.4 is 4.90 Å². The number of nitrogens with zero attached hydrogens (tertiary/aromatic N) is 6. The van der Waals surface area contributed by atoms with E-state index in [9.17, 15) is 0 Å². The highest BCUT2D eigenvalue weighted by Crippen LogP contribution is 2.28. The summed E-state index contributed by atoms with van der Waals surface area (Å²) in [4.78, 5) is 17.8. The molecule has 3 aromatic heterocycles. The van der Waals surface area contributed by atoms with Gasteiger partial charge in [0.05, 0.1) is 17.6 Å². The van der Waals surface area contributed by atoms with Crippen molar-refractivity contribution in [3.05, 3.63) is 65.8 Å². The molecule has 4 aromatic rings. The van der Waals surface area contributed by atoms with E-state index < -0.39 is 0 Å². The fourth-order valence-corrected chi connectivity index (χ4v) is 3.82. The standard InChI is InChI=1S/C21H19ClN6O/c22-16-3-4-17-18(12-16)24-7-5-19(17)28-10-8-27(9-11-28)14-20-25-21(29-26-20)15-2-1-6-23-13-15/h1-7,12-13H,8-11,14H2. The Morgan fingerprint density at radius 2 is 1.93 bits per heavy atom. The van der Waals surface area contributed by atoms with Crippen LogP contribution in [0, 0.1) is 0 Å². The number of pyridine rings is 2. The second-order valence-electron chi connectivity index (χ2n) is 7.01. The molecule has 5 rings (SSSR count). The first-order valence-electron chi connectivity index (χ1n) is 9.51. The van der Waals surface area contributed by atoms with Gasteiger partial charge in [-0.2, -0.15) is 4.98 Å². The zero-order chi connectivity index (χ0) is 19.6. The molecule has 1 aliphatic heterocycles. The number of fused-ring (bicyclic) bond motifs is 1. The van der Waals surface area contributed by atoms with Gasteiger partial charge in [-0.3, -0.25) is 14.9 Å². The maximum Gasteiger partial charge on any atom is 0.259 e. The van der Waals surface area contributed by atoms with Gasteiger partial charge in [0.15, 0.2) is 5.82 Å². The van der Waals surface area contributed by atoms with E-state index in [2.05, 4.69) is 36.0 Å². The maximum atomic E-state index is 6.11. The van der Waals surface area contributed by atoms with E-state index in [1.807, 2.05) is 36.5 Å². The average molecular weight is 407 g/mol. The Bertz CT molecular complexity index is 1120. The van der Waals surface area contributed by atoms with Crippen LogP contribution in [0.15, 0.2) is 59.5 Å². The van der Waals surface area contributed by atoms with E-state index in [-0.39, 0.29) is 0 Å². The molecule has 0 atom stereocenters. The summed E-state index contributed by atoms with van der Waals surface area (Å²) in [6.07, 6.45) is 5.29. The fraction of sp³-hybridized carbons (Fsp3) is 0.238. The molecule has 0 aliphatic carbocycles. The zero-order valence-electron chi connectivity index (χ0n) is 15.7. The Labute approximate surface area is 172 Å². The van der Waals surface area contributed by atoms with E-state index in [1.54, 1.807) is 12.4 Å². The lowest BCUT2D eigenvalue weighted by molar-refractivity contribution is 0.240. The van der Waals surface area contributed by atoms with Crippen LogP contribution in [0.5, 0.6) is 0 Å². The van der Waals surface area contributed by atoms with Gasteiger partial charge in [0.2, 0.25) is 0 Å². The number of piperazine rings is 1. The monoisotopic (exact) mass is 406 g/mol. The highest BCUT2D eigenvalue weighted by Gasteiger charge is 2.21. The zero-order valence-corrected chi connectivity index (χ0v) is 16.5. The molecule has 0 bridgehead atoms. The molecule has 0 radical (unpaired) electrons. The quantitative estimate of drug-likeness (QED) is 0.512. The molecule has 0 unspecified atom stereocenters. The van der Waals surface area contributed by atoms with Crippen molar-refractivity contribution in [2.24, 2.45) is 0 Å². The molecule has 8 heteroatoms. The number of halogens is 1. The molecule has 146 valence electrons. The fourth-order valence-electron chi connectivity index (χ4n) is 3.65. The number of hydrogen-bond donors (Lipinski definition) is 0. The van der Waals surface area contributed by atoms with Crippen LogP contribution in [0.1, 0.15) is 5.82 Å². The van der Waals surface area contributed by atoms with Crippen molar-refractivity contribution in [1.82, 2.24) is 25.0 Å². The lowest BCUT2D eigenvalue weighted by Gasteiger charge is -2.36. The molecule has 1 aliphatic rings. The Hall–Kier alpha value is -3.03. The maximum absolute atomic E-state index is 6.11. The van der Waals surface area contributed by atoms with E-state index in [4.69, 9.17) is 16.1 Å². The predicted molar refractivity (Wildman–Crippen MR) is 112 cm³/mol. The summed E-state index contributed by atoms with van der Waals surface area (Å²) in [6, 6.07) is 11.7. The van der Waals surface area contributed by atoms with E-state index >= 15 is 0 Å². The molecule has 1 saturated heterocycles. The molecule has 1 fully saturated rings. The Balaban J connectivity index is 1.25. The molecule has 0 saturated carbocycles. The normalized spacial score (nSPS) is 15.1. The highest BCUT2D eigenvalue weighted by molar-refractivity contribution is 6.31. The number of aromatic nitrogens is 4. The van der Waals surface area contributed by atoms with Gasteiger partial charge in [-0.15, -0.1) is 0 Å². The van der Waals surface area contributed by atoms with Crippen LogP contribution in [-0.4, -0.2) is 51.2 Å². The number of hydrogen-bond acceptors (Lipinski definition) is 7. The van der Waals surface area contributed by atoms with Gasteiger partial charge >= 0.3 is 0 Å². The van der Waals surface area contributed by atoms with Crippen LogP contribution in [0.25, 0.3) is 22.4 Å². The Kier molecular flexibility index (Phi) is 4.83. The van der Waals surface area contributed by atoms with Gasteiger partial charge in [0.1, 0.15) is 0 Å². The molecular weight excluding hydrogens is 388 g/mol. The van der Waals surface area contributed by atoms with Gasteiger partial charge in [-0.05, 0) is 36.4 Å². The van der Waals surface area contributed by atoms with Gasteiger partial charge in [-0.1, -0.05) is 16.8 Å². The van der Waals surface area contributed by atoms with Crippen LogP contribution in [-0.2, 0) is 6.54 Å². The molecular formula is C21H19ClN6O. The topological polar surface area (TPSA) is 71.2 Å². The first kappa shape index (κ1) is 18.0. The van der Waals surface area contributed by atoms with Crippen molar-refractivity contribution in [2.75, 3.05) is 31.1 Å². The summed E-state index contributed by atoms with van der Waals surface area (Å²) in [6.45, 7) is 4.37. The van der Waals surface area contributed by atoms with E-state index in [0.29, 0.717) is 23.3 Å². The second-order valence-corrected chi connectivity index (χ2v) is 7.45. The summed E-state index contributed by atoms with van der Waals surface area (Å²) >= 11 is 6.11. The van der Waals surface area contributed by atoms with Crippen molar-refractivity contribution in [3.63, 3.8) is 0 Å². The number of anilines is 1. The van der Waals surface area contributed by atoms with Gasteiger partial charge < -0.3 is 9.42 Å². The molecule has 29 heavy (non-hydrogen) atoms. The first-order chi connectivity index (χ1) is 14.3. The summed E-state index contributed by atoms with van der Waals surface area (Å²) in [5.74, 6) is 1.20. The summed E-state index contributed by atoms with van der Waals surface area (Å²) < 4.78 is 5.38. The minimum atomic E-state index is 0.508. The minimum absolute atomic E-state index is 0.508. The first-order valence-corrected chi connectivity index (χ1v) is 9.89. The van der Waals surface area contributed by atoms with Gasteiger partial charge in [0.25, 0.3) is 5.89 Å². The SMILES string of the molecule is Clc1ccc2c(N3CCN(Cc4noc(-c5cccnc5)n4)CC3)ccnc2c1. The van der Waals surface area contributed by atoms with E-state index in [0.717, 1.165) is 42.6 Å². The second kappa shape index (κ2) is 7.77. The molecule has 0 N–H and O–H groups in total. The number of rotatable bonds is 4. The molecule has 4 heterocycles. The summed E-state index contributed by atoms with van der Waals surface area (Å²) in [5.41, 5.74) is 2.96. The van der Waals surface area contributed by atoms with E-state index in [1.165, 1.54) is 5.69 Å². The minimum Gasteiger partial charge on any atom is -0.368 e. The van der Waals surface area contributed by atoms with Crippen molar-refractivity contribution in [2.45, 2.75) is 6.54 Å². The summed E-state index contributed by atoms with van der Waals surface area (Å²) in [5, 5.41) is 5.96.